The molecule has 0 spiro atoms. The lowest BCUT2D eigenvalue weighted by Gasteiger charge is -2.13. The second-order valence-corrected chi connectivity index (χ2v) is 7.10. The van der Waals surface area contributed by atoms with Crippen molar-refractivity contribution in [3.63, 3.8) is 0 Å². The third kappa shape index (κ3) is 5.02. The Morgan fingerprint density at radius 2 is 1.62 bits per heavy atom. The van der Waals surface area contributed by atoms with E-state index in [1.54, 1.807) is 24.3 Å². The molecule has 6 heteroatoms. The van der Waals surface area contributed by atoms with Crippen LogP contribution < -0.4 is 4.74 Å². The number of fused-ring (bicyclic) bond motifs is 1. The first kappa shape index (κ1) is 20.6. The van der Waals surface area contributed by atoms with Gasteiger partial charge in [-0.3, -0.25) is 19.3 Å². The highest BCUT2D eigenvalue weighted by molar-refractivity contribution is 6.21. The summed E-state index contributed by atoms with van der Waals surface area (Å²) in [7, 11) is 0. The Bertz CT molecular complexity index is 886. The van der Waals surface area contributed by atoms with Gasteiger partial charge in [-0.25, -0.2) is 0 Å². The Hall–Kier alpha value is -3.15. The van der Waals surface area contributed by atoms with E-state index in [0.717, 1.165) is 11.3 Å². The zero-order chi connectivity index (χ0) is 20.8. The van der Waals surface area contributed by atoms with Crippen LogP contribution >= 0.6 is 0 Å². The molecule has 0 saturated carbocycles. The monoisotopic (exact) mass is 395 g/mol. The fraction of sp³-hybridized carbons (Fsp3) is 0.348. The topological polar surface area (TPSA) is 72.9 Å². The van der Waals surface area contributed by atoms with Crippen molar-refractivity contribution in [2.75, 3.05) is 19.8 Å². The van der Waals surface area contributed by atoms with Crippen LogP contribution in [0.3, 0.4) is 0 Å². The van der Waals surface area contributed by atoms with Gasteiger partial charge >= 0.3 is 5.97 Å². The molecular formula is C23H25NO5. The van der Waals surface area contributed by atoms with Gasteiger partial charge in [0.25, 0.3) is 11.8 Å². The quantitative estimate of drug-likeness (QED) is 0.368. The van der Waals surface area contributed by atoms with E-state index in [1.807, 2.05) is 26.0 Å². The van der Waals surface area contributed by atoms with Crippen molar-refractivity contribution in [2.24, 2.45) is 0 Å². The molecule has 0 fully saturated rings. The SMILES string of the molecule is Cc1ccc(OCCCC(=O)OCCCN2C(=O)c3ccccc3C2=O)c(C)c1. The highest BCUT2D eigenvalue weighted by atomic mass is 16.5. The van der Waals surface area contributed by atoms with Gasteiger partial charge in [0.2, 0.25) is 0 Å². The molecule has 1 aliphatic rings. The summed E-state index contributed by atoms with van der Waals surface area (Å²) in [6, 6.07) is 12.7. The first-order valence-corrected chi connectivity index (χ1v) is 9.78. The minimum absolute atomic E-state index is 0.171. The van der Waals surface area contributed by atoms with Crippen LogP contribution in [0.4, 0.5) is 0 Å². The van der Waals surface area contributed by atoms with Gasteiger partial charge in [0.05, 0.1) is 24.3 Å². The lowest BCUT2D eigenvalue weighted by Crippen LogP contribution is -2.31. The van der Waals surface area contributed by atoms with Crippen LogP contribution in [-0.4, -0.2) is 42.4 Å². The maximum Gasteiger partial charge on any atom is 0.305 e. The predicted molar refractivity (Wildman–Crippen MR) is 108 cm³/mol. The number of aryl methyl sites for hydroxylation is 2. The van der Waals surface area contributed by atoms with Gasteiger partial charge in [-0.2, -0.15) is 0 Å². The van der Waals surface area contributed by atoms with Crippen molar-refractivity contribution in [2.45, 2.75) is 33.1 Å². The molecule has 2 aromatic carbocycles. The molecule has 29 heavy (non-hydrogen) atoms. The summed E-state index contributed by atoms with van der Waals surface area (Å²) in [5.74, 6) is -0.0672. The summed E-state index contributed by atoms with van der Waals surface area (Å²) in [4.78, 5) is 37.6. The minimum atomic E-state index is -0.309. The fourth-order valence-electron chi connectivity index (χ4n) is 3.28. The van der Waals surface area contributed by atoms with Gasteiger partial charge in [-0.05, 0) is 50.5 Å². The maximum absolute atomic E-state index is 12.3. The Kier molecular flexibility index (Phi) is 6.65. The summed E-state index contributed by atoms with van der Waals surface area (Å²) in [6.07, 6.45) is 1.23. The Labute approximate surface area is 170 Å². The number of imide groups is 1. The first-order chi connectivity index (χ1) is 14.0. The Balaban J connectivity index is 1.32. The van der Waals surface area contributed by atoms with E-state index < -0.39 is 0 Å². The van der Waals surface area contributed by atoms with E-state index in [-0.39, 0.29) is 37.4 Å². The van der Waals surface area contributed by atoms with E-state index in [4.69, 9.17) is 9.47 Å². The molecule has 2 aromatic rings. The lowest BCUT2D eigenvalue weighted by atomic mass is 10.1. The number of hydrogen-bond acceptors (Lipinski definition) is 5. The zero-order valence-corrected chi connectivity index (χ0v) is 16.8. The second-order valence-electron chi connectivity index (χ2n) is 7.10. The summed E-state index contributed by atoms with van der Waals surface area (Å²) in [5.41, 5.74) is 3.11. The normalized spacial score (nSPS) is 12.8. The van der Waals surface area contributed by atoms with Crippen molar-refractivity contribution in [3.05, 3.63) is 64.7 Å². The van der Waals surface area contributed by atoms with E-state index >= 15 is 0 Å². The molecule has 0 aliphatic carbocycles. The third-order valence-electron chi connectivity index (χ3n) is 4.78. The molecule has 0 radical (unpaired) electrons. The number of hydrogen-bond donors (Lipinski definition) is 0. The molecule has 0 atom stereocenters. The van der Waals surface area contributed by atoms with Crippen LogP contribution in [-0.2, 0) is 9.53 Å². The van der Waals surface area contributed by atoms with Crippen molar-refractivity contribution < 1.29 is 23.9 Å². The predicted octanol–water partition coefficient (Wildman–Crippen LogP) is 3.69. The standard InChI is InChI=1S/C23H25NO5/c1-16-10-11-20(17(2)15-16)28-13-5-9-21(25)29-14-6-12-24-22(26)18-7-3-4-8-19(18)23(24)27/h3-4,7-8,10-11,15H,5-6,9,12-14H2,1-2H3. The Morgan fingerprint density at radius 3 is 2.28 bits per heavy atom. The summed E-state index contributed by atoms with van der Waals surface area (Å²) < 4.78 is 10.9. The number of rotatable bonds is 9. The average Bonchev–Trinajstić information content (AvgIpc) is 2.95. The number of carbonyl (C=O) groups excluding carboxylic acids is 3. The van der Waals surface area contributed by atoms with Crippen LogP contribution in [0.2, 0.25) is 0 Å². The largest absolute Gasteiger partial charge is 0.493 e. The van der Waals surface area contributed by atoms with Gasteiger partial charge in [-0.1, -0.05) is 29.8 Å². The molecule has 0 N–H and O–H groups in total. The van der Waals surface area contributed by atoms with Gasteiger partial charge in [-0.15, -0.1) is 0 Å². The third-order valence-corrected chi connectivity index (χ3v) is 4.78. The average molecular weight is 395 g/mol. The highest BCUT2D eigenvalue weighted by Crippen LogP contribution is 2.22. The molecule has 0 saturated heterocycles. The van der Waals surface area contributed by atoms with Gasteiger partial charge in [0.15, 0.2) is 0 Å². The van der Waals surface area contributed by atoms with Crippen LogP contribution in [0.5, 0.6) is 5.75 Å². The number of benzene rings is 2. The van der Waals surface area contributed by atoms with Crippen molar-refractivity contribution in [1.82, 2.24) is 4.90 Å². The molecular weight excluding hydrogens is 370 g/mol. The van der Waals surface area contributed by atoms with Crippen LogP contribution in [0.25, 0.3) is 0 Å². The van der Waals surface area contributed by atoms with Crippen molar-refractivity contribution in [3.8, 4) is 5.75 Å². The summed E-state index contributed by atoms with van der Waals surface area (Å²) >= 11 is 0. The van der Waals surface area contributed by atoms with Gasteiger partial charge < -0.3 is 9.47 Å². The van der Waals surface area contributed by atoms with E-state index in [1.165, 1.54) is 10.5 Å². The molecule has 2 amide bonds. The summed E-state index contributed by atoms with van der Waals surface area (Å²) in [5, 5.41) is 0. The van der Waals surface area contributed by atoms with Crippen LogP contribution in [0.15, 0.2) is 42.5 Å². The van der Waals surface area contributed by atoms with Gasteiger partial charge in [0, 0.05) is 13.0 Å². The second kappa shape index (κ2) is 9.37. The fourth-order valence-corrected chi connectivity index (χ4v) is 3.28. The van der Waals surface area contributed by atoms with Gasteiger partial charge in [0.1, 0.15) is 5.75 Å². The number of ether oxygens (including phenoxy) is 2. The molecule has 152 valence electrons. The molecule has 0 aromatic heterocycles. The summed E-state index contributed by atoms with van der Waals surface area (Å²) in [6.45, 7) is 4.86. The number of carbonyl (C=O) groups is 3. The molecule has 1 aliphatic heterocycles. The zero-order valence-electron chi connectivity index (χ0n) is 16.8. The molecule has 6 nitrogen and oxygen atoms in total. The number of nitrogens with zero attached hydrogens (tertiary/aromatic N) is 1. The first-order valence-electron chi connectivity index (χ1n) is 9.78. The molecule has 0 unspecified atom stereocenters. The maximum atomic E-state index is 12.3. The number of amides is 2. The lowest BCUT2D eigenvalue weighted by molar-refractivity contribution is -0.144. The molecule has 1 heterocycles. The smallest absolute Gasteiger partial charge is 0.305 e. The number of esters is 1. The van der Waals surface area contributed by atoms with Crippen LogP contribution in [0.1, 0.15) is 51.1 Å². The van der Waals surface area contributed by atoms with Crippen LogP contribution in [0, 0.1) is 13.8 Å². The molecule has 0 bridgehead atoms. The van der Waals surface area contributed by atoms with Crippen molar-refractivity contribution in [1.29, 1.82) is 0 Å². The highest BCUT2D eigenvalue weighted by Gasteiger charge is 2.34. The van der Waals surface area contributed by atoms with E-state index in [2.05, 4.69) is 6.07 Å². The minimum Gasteiger partial charge on any atom is -0.493 e. The van der Waals surface area contributed by atoms with Crippen molar-refractivity contribution >= 4 is 17.8 Å². The molecule has 3 rings (SSSR count). The Morgan fingerprint density at radius 1 is 0.931 bits per heavy atom. The van der Waals surface area contributed by atoms with E-state index in [0.29, 0.717) is 30.6 Å². The van der Waals surface area contributed by atoms with E-state index in [9.17, 15) is 14.4 Å².